The predicted molar refractivity (Wildman–Crippen MR) is 84.1 cm³/mol. The van der Waals surface area contributed by atoms with Crippen molar-refractivity contribution in [3.63, 3.8) is 0 Å². The highest BCUT2D eigenvalue weighted by Gasteiger charge is 2.24. The molecule has 3 N–H and O–H groups in total. The van der Waals surface area contributed by atoms with Crippen molar-refractivity contribution in [3.8, 4) is 5.75 Å². The molecule has 1 fully saturated rings. The maximum atomic E-state index is 12.0. The number of hydrogen-bond acceptors (Lipinski definition) is 3. The minimum absolute atomic E-state index is 0.122. The Balaban J connectivity index is 1.63. The van der Waals surface area contributed by atoms with Gasteiger partial charge in [-0.2, -0.15) is 0 Å². The van der Waals surface area contributed by atoms with E-state index in [0.29, 0.717) is 25.5 Å². The van der Waals surface area contributed by atoms with Crippen LogP contribution in [0.5, 0.6) is 5.75 Å². The van der Waals surface area contributed by atoms with Gasteiger partial charge in [-0.15, -0.1) is 0 Å². The van der Waals surface area contributed by atoms with Gasteiger partial charge in [0.15, 0.2) is 0 Å². The fourth-order valence-corrected chi connectivity index (χ4v) is 2.90. The number of hydrogen-bond donors (Lipinski definition) is 2. The molecular formula is C17H26N2O2. The summed E-state index contributed by atoms with van der Waals surface area (Å²) in [4.78, 5) is 12.0. The molecule has 2 rings (SSSR count). The number of carbonyl (C=O) groups excluding carboxylic acids is 1. The van der Waals surface area contributed by atoms with E-state index in [-0.39, 0.29) is 11.9 Å². The monoisotopic (exact) mass is 290 g/mol. The summed E-state index contributed by atoms with van der Waals surface area (Å²) in [6, 6.07) is 9.96. The molecule has 1 aromatic carbocycles. The van der Waals surface area contributed by atoms with Gasteiger partial charge in [0.2, 0.25) is 5.91 Å². The van der Waals surface area contributed by atoms with E-state index >= 15 is 0 Å². The number of carbonyl (C=O) groups is 1. The van der Waals surface area contributed by atoms with Crippen LogP contribution < -0.4 is 15.8 Å². The van der Waals surface area contributed by atoms with Crippen LogP contribution in [-0.2, 0) is 4.79 Å². The summed E-state index contributed by atoms with van der Waals surface area (Å²) in [6.45, 7) is 1.24. The Bertz CT molecular complexity index is 422. The molecule has 1 aliphatic carbocycles. The highest BCUT2D eigenvalue weighted by atomic mass is 16.5. The van der Waals surface area contributed by atoms with Crippen molar-refractivity contribution in [2.45, 2.75) is 44.6 Å². The number of para-hydroxylation sites is 1. The molecule has 1 amide bonds. The number of nitrogens with two attached hydrogens (primary N) is 1. The summed E-state index contributed by atoms with van der Waals surface area (Å²) in [5, 5.41) is 3.14. The predicted octanol–water partition coefficient (Wildman–Crippen LogP) is 2.48. The van der Waals surface area contributed by atoms with Crippen LogP contribution in [0.1, 0.15) is 38.5 Å². The van der Waals surface area contributed by atoms with Gasteiger partial charge in [-0.1, -0.05) is 31.0 Å². The Morgan fingerprint density at radius 3 is 2.76 bits per heavy atom. The summed E-state index contributed by atoms with van der Waals surface area (Å²) < 4.78 is 5.59. The molecule has 0 heterocycles. The lowest BCUT2D eigenvalue weighted by Crippen LogP contribution is -2.44. The molecule has 116 valence electrons. The fourth-order valence-electron chi connectivity index (χ4n) is 2.90. The highest BCUT2D eigenvalue weighted by Crippen LogP contribution is 2.23. The molecule has 0 aromatic heterocycles. The third-order valence-corrected chi connectivity index (χ3v) is 4.12. The van der Waals surface area contributed by atoms with Gasteiger partial charge in [-0.3, -0.25) is 4.79 Å². The van der Waals surface area contributed by atoms with Gasteiger partial charge in [0.1, 0.15) is 5.75 Å². The number of ether oxygens (including phenoxy) is 1. The molecule has 21 heavy (non-hydrogen) atoms. The molecule has 1 saturated carbocycles. The first-order valence-corrected chi connectivity index (χ1v) is 7.97. The summed E-state index contributed by atoms with van der Waals surface area (Å²) in [5.74, 6) is 1.42. The van der Waals surface area contributed by atoms with Crippen LogP contribution in [0.2, 0.25) is 0 Å². The van der Waals surface area contributed by atoms with Gasteiger partial charge in [-0.25, -0.2) is 0 Å². The van der Waals surface area contributed by atoms with E-state index in [4.69, 9.17) is 10.5 Å². The highest BCUT2D eigenvalue weighted by molar-refractivity contribution is 5.76. The first-order valence-electron chi connectivity index (χ1n) is 7.97. The molecule has 2 atom stereocenters. The van der Waals surface area contributed by atoms with Crippen LogP contribution in [0, 0.1) is 5.92 Å². The van der Waals surface area contributed by atoms with Crippen LogP contribution in [-0.4, -0.2) is 25.1 Å². The Kier molecular flexibility index (Phi) is 6.54. The lowest BCUT2D eigenvalue weighted by atomic mass is 9.84. The second-order valence-corrected chi connectivity index (χ2v) is 5.72. The van der Waals surface area contributed by atoms with Gasteiger partial charge in [0.05, 0.1) is 6.61 Å². The lowest BCUT2D eigenvalue weighted by molar-refractivity contribution is -0.122. The van der Waals surface area contributed by atoms with Crippen LogP contribution in [0.4, 0.5) is 0 Å². The Morgan fingerprint density at radius 2 is 2.00 bits per heavy atom. The van der Waals surface area contributed by atoms with E-state index in [1.54, 1.807) is 0 Å². The number of nitrogens with one attached hydrogen (secondary N) is 1. The zero-order valence-electron chi connectivity index (χ0n) is 12.6. The fraction of sp³-hybridized carbons (Fsp3) is 0.588. The molecule has 0 bridgehead atoms. The van der Waals surface area contributed by atoms with Crippen molar-refractivity contribution in [3.05, 3.63) is 30.3 Å². The summed E-state index contributed by atoms with van der Waals surface area (Å²) in [7, 11) is 0. The van der Waals surface area contributed by atoms with Crippen LogP contribution in [0.3, 0.4) is 0 Å². The van der Waals surface area contributed by atoms with Crippen LogP contribution in [0.25, 0.3) is 0 Å². The van der Waals surface area contributed by atoms with E-state index < -0.39 is 0 Å². The summed E-state index contributed by atoms with van der Waals surface area (Å²) in [6.07, 6.45) is 5.88. The van der Waals surface area contributed by atoms with Crippen molar-refractivity contribution in [2.24, 2.45) is 11.7 Å². The number of amides is 1. The van der Waals surface area contributed by atoms with Gasteiger partial charge in [0.25, 0.3) is 0 Å². The average molecular weight is 290 g/mol. The van der Waals surface area contributed by atoms with E-state index in [1.165, 1.54) is 12.8 Å². The number of benzene rings is 1. The first kappa shape index (κ1) is 15.8. The summed E-state index contributed by atoms with van der Waals surface area (Å²) in [5.41, 5.74) is 5.78. The molecule has 0 aliphatic heterocycles. The third-order valence-electron chi connectivity index (χ3n) is 4.12. The normalized spacial score (nSPS) is 21.8. The summed E-state index contributed by atoms with van der Waals surface area (Å²) >= 11 is 0. The standard InChI is InChI=1S/C17H26N2O2/c18-13-14-7-4-5-10-16(14)19-17(20)11-6-12-21-15-8-2-1-3-9-15/h1-3,8-9,14,16H,4-7,10-13,18H2,(H,19,20). The second-order valence-electron chi connectivity index (χ2n) is 5.72. The van der Waals surface area contributed by atoms with E-state index in [0.717, 1.165) is 25.0 Å². The van der Waals surface area contributed by atoms with Crippen LogP contribution in [0.15, 0.2) is 30.3 Å². The molecule has 4 nitrogen and oxygen atoms in total. The molecular weight excluding hydrogens is 264 g/mol. The maximum absolute atomic E-state index is 12.0. The molecule has 1 aromatic rings. The molecule has 0 saturated heterocycles. The lowest BCUT2D eigenvalue weighted by Gasteiger charge is -2.31. The zero-order valence-corrected chi connectivity index (χ0v) is 12.6. The Morgan fingerprint density at radius 1 is 1.24 bits per heavy atom. The van der Waals surface area contributed by atoms with Gasteiger partial charge in [0, 0.05) is 12.5 Å². The largest absolute Gasteiger partial charge is 0.494 e. The number of rotatable bonds is 7. The smallest absolute Gasteiger partial charge is 0.220 e. The van der Waals surface area contributed by atoms with Gasteiger partial charge < -0.3 is 15.8 Å². The van der Waals surface area contributed by atoms with Crippen molar-refractivity contribution < 1.29 is 9.53 Å². The van der Waals surface area contributed by atoms with Crippen molar-refractivity contribution in [2.75, 3.05) is 13.2 Å². The van der Waals surface area contributed by atoms with Crippen molar-refractivity contribution >= 4 is 5.91 Å². The second kappa shape index (κ2) is 8.67. The van der Waals surface area contributed by atoms with Crippen LogP contribution >= 0.6 is 0 Å². The molecule has 2 unspecified atom stereocenters. The van der Waals surface area contributed by atoms with Gasteiger partial charge in [-0.05, 0) is 43.9 Å². The SMILES string of the molecule is NCC1CCCCC1NC(=O)CCCOc1ccccc1. The minimum Gasteiger partial charge on any atom is -0.494 e. The van der Waals surface area contributed by atoms with E-state index in [1.807, 2.05) is 30.3 Å². The van der Waals surface area contributed by atoms with E-state index in [9.17, 15) is 4.79 Å². The average Bonchev–Trinajstić information content (AvgIpc) is 2.53. The van der Waals surface area contributed by atoms with E-state index in [2.05, 4.69) is 5.32 Å². The zero-order chi connectivity index (χ0) is 14.9. The van der Waals surface area contributed by atoms with Gasteiger partial charge >= 0.3 is 0 Å². The van der Waals surface area contributed by atoms with Crippen molar-refractivity contribution in [1.29, 1.82) is 0 Å². The molecule has 1 aliphatic rings. The minimum atomic E-state index is 0.122. The molecule has 4 heteroatoms. The maximum Gasteiger partial charge on any atom is 0.220 e. The topological polar surface area (TPSA) is 64.3 Å². The molecule has 0 spiro atoms. The third kappa shape index (κ3) is 5.38. The van der Waals surface area contributed by atoms with Crippen molar-refractivity contribution in [1.82, 2.24) is 5.32 Å². The Hall–Kier alpha value is -1.55. The Labute approximate surface area is 127 Å². The molecule has 0 radical (unpaired) electrons. The first-order chi connectivity index (χ1) is 10.3. The quantitative estimate of drug-likeness (QED) is 0.758.